The predicted molar refractivity (Wildman–Crippen MR) is 108 cm³/mol. The highest BCUT2D eigenvalue weighted by atomic mass is 35.5. The smallest absolute Gasteiger partial charge is 0.340 e. The maximum Gasteiger partial charge on any atom is 0.340 e. The van der Waals surface area contributed by atoms with Crippen LogP contribution >= 0.6 is 11.6 Å². The van der Waals surface area contributed by atoms with Gasteiger partial charge in [0.25, 0.3) is 11.6 Å². The predicted octanol–water partition coefficient (Wildman–Crippen LogP) is 4.21. The Morgan fingerprint density at radius 1 is 1.21 bits per heavy atom. The van der Waals surface area contributed by atoms with E-state index in [0.29, 0.717) is 11.3 Å². The quantitative estimate of drug-likeness (QED) is 0.381. The number of nitrogens with zero attached hydrogens (tertiary/aromatic N) is 2. The van der Waals surface area contributed by atoms with Crippen LogP contribution in [0.15, 0.2) is 42.5 Å². The van der Waals surface area contributed by atoms with Gasteiger partial charge < -0.3 is 10.1 Å². The SMILES string of the molecule is Cc1nc2ccccc2c(C)c1C(=O)OCC(=O)Nc1ccc([N+](=O)[O-])cc1Cl. The highest BCUT2D eigenvalue weighted by Crippen LogP contribution is 2.27. The minimum Gasteiger partial charge on any atom is -0.452 e. The second kappa shape index (κ2) is 8.24. The van der Waals surface area contributed by atoms with Crippen molar-refractivity contribution in [3.8, 4) is 0 Å². The number of pyridine rings is 1. The summed E-state index contributed by atoms with van der Waals surface area (Å²) in [5.74, 6) is -1.29. The number of ether oxygens (including phenoxy) is 1. The first-order valence-corrected chi connectivity index (χ1v) is 8.92. The molecule has 0 unspecified atom stereocenters. The summed E-state index contributed by atoms with van der Waals surface area (Å²) in [5, 5.41) is 14.0. The topological polar surface area (TPSA) is 111 Å². The number of amides is 1. The molecule has 0 radical (unpaired) electrons. The number of nitrogens with one attached hydrogen (secondary N) is 1. The lowest BCUT2D eigenvalue weighted by Crippen LogP contribution is -2.22. The standard InChI is InChI=1S/C20H16ClN3O5/c1-11-14-5-3-4-6-16(14)22-12(2)19(11)20(26)29-10-18(25)23-17-8-7-13(24(27)28)9-15(17)21/h3-9H,10H2,1-2H3,(H,23,25). The van der Waals surface area contributed by atoms with Gasteiger partial charge in [0.1, 0.15) is 0 Å². The molecule has 1 amide bonds. The average molecular weight is 414 g/mol. The van der Waals surface area contributed by atoms with Crippen molar-refractivity contribution in [2.45, 2.75) is 13.8 Å². The molecule has 1 heterocycles. The molecular formula is C20H16ClN3O5. The summed E-state index contributed by atoms with van der Waals surface area (Å²) >= 11 is 5.94. The molecule has 9 heteroatoms. The van der Waals surface area contributed by atoms with E-state index in [1.807, 2.05) is 24.3 Å². The van der Waals surface area contributed by atoms with E-state index in [1.165, 1.54) is 12.1 Å². The highest BCUT2D eigenvalue weighted by Gasteiger charge is 2.19. The van der Waals surface area contributed by atoms with Crippen LogP contribution in [0.4, 0.5) is 11.4 Å². The fourth-order valence-electron chi connectivity index (χ4n) is 2.94. The number of carbonyl (C=O) groups excluding carboxylic acids is 2. The number of esters is 1. The van der Waals surface area contributed by atoms with Gasteiger partial charge in [-0.3, -0.25) is 19.9 Å². The van der Waals surface area contributed by atoms with Gasteiger partial charge in [-0.05, 0) is 31.5 Å². The molecule has 8 nitrogen and oxygen atoms in total. The molecule has 0 aliphatic carbocycles. The third-order valence-corrected chi connectivity index (χ3v) is 4.62. The zero-order valence-electron chi connectivity index (χ0n) is 15.6. The Morgan fingerprint density at radius 2 is 1.93 bits per heavy atom. The largest absolute Gasteiger partial charge is 0.452 e. The molecule has 1 N–H and O–H groups in total. The van der Waals surface area contributed by atoms with Gasteiger partial charge in [-0.1, -0.05) is 29.8 Å². The molecule has 0 saturated carbocycles. The number of non-ortho nitro benzene ring substituents is 1. The van der Waals surface area contributed by atoms with Crippen molar-refractivity contribution in [1.29, 1.82) is 0 Å². The van der Waals surface area contributed by atoms with Crippen LogP contribution in [0.25, 0.3) is 10.9 Å². The number of para-hydroxylation sites is 1. The number of aromatic nitrogens is 1. The van der Waals surface area contributed by atoms with Crippen molar-refractivity contribution in [3.63, 3.8) is 0 Å². The van der Waals surface area contributed by atoms with Crippen LogP contribution in [-0.2, 0) is 9.53 Å². The van der Waals surface area contributed by atoms with Crippen molar-refractivity contribution in [3.05, 3.63) is 74.4 Å². The monoisotopic (exact) mass is 413 g/mol. The maximum absolute atomic E-state index is 12.5. The number of hydrogen-bond donors (Lipinski definition) is 1. The number of nitro groups is 1. The molecule has 29 heavy (non-hydrogen) atoms. The first-order valence-electron chi connectivity index (χ1n) is 8.54. The summed E-state index contributed by atoms with van der Waals surface area (Å²) in [6, 6.07) is 11.1. The van der Waals surface area contributed by atoms with Crippen LogP contribution in [-0.4, -0.2) is 28.4 Å². The number of carbonyl (C=O) groups is 2. The van der Waals surface area contributed by atoms with E-state index in [-0.39, 0.29) is 16.4 Å². The van der Waals surface area contributed by atoms with E-state index in [0.717, 1.165) is 22.5 Å². The Hall–Kier alpha value is -3.52. The number of halogens is 1. The fourth-order valence-corrected chi connectivity index (χ4v) is 3.16. The lowest BCUT2D eigenvalue weighted by Gasteiger charge is -2.12. The Morgan fingerprint density at radius 3 is 2.62 bits per heavy atom. The lowest BCUT2D eigenvalue weighted by molar-refractivity contribution is -0.384. The van der Waals surface area contributed by atoms with E-state index in [1.54, 1.807) is 13.8 Å². The number of fused-ring (bicyclic) bond motifs is 1. The van der Waals surface area contributed by atoms with Crippen molar-refractivity contribution in [1.82, 2.24) is 4.98 Å². The van der Waals surface area contributed by atoms with Crippen LogP contribution in [0.3, 0.4) is 0 Å². The van der Waals surface area contributed by atoms with Crippen LogP contribution in [0, 0.1) is 24.0 Å². The van der Waals surface area contributed by atoms with Crippen LogP contribution < -0.4 is 5.32 Å². The van der Waals surface area contributed by atoms with Gasteiger partial charge in [0, 0.05) is 17.5 Å². The number of aryl methyl sites for hydroxylation is 2. The van der Waals surface area contributed by atoms with Gasteiger partial charge in [-0.15, -0.1) is 0 Å². The van der Waals surface area contributed by atoms with Crippen molar-refractivity contribution < 1.29 is 19.2 Å². The number of hydrogen-bond acceptors (Lipinski definition) is 6. The average Bonchev–Trinajstić information content (AvgIpc) is 2.67. The van der Waals surface area contributed by atoms with Gasteiger partial charge >= 0.3 is 5.97 Å². The second-order valence-electron chi connectivity index (χ2n) is 6.26. The number of anilines is 1. The van der Waals surface area contributed by atoms with Crippen molar-refractivity contribution in [2.75, 3.05) is 11.9 Å². The first kappa shape index (κ1) is 20.2. The molecule has 2 aromatic carbocycles. The zero-order valence-corrected chi connectivity index (χ0v) is 16.3. The van der Waals surface area contributed by atoms with E-state index >= 15 is 0 Å². The number of benzene rings is 2. The molecule has 0 saturated heterocycles. The van der Waals surface area contributed by atoms with Gasteiger partial charge in [-0.25, -0.2) is 4.79 Å². The summed E-state index contributed by atoms with van der Waals surface area (Å²) in [7, 11) is 0. The summed E-state index contributed by atoms with van der Waals surface area (Å²) in [6.07, 6.45) is 0. The van der Waals surface area contributed by atoms with E-state index in [9.17, 15) is 19.7 Å². The Kier molecular flexibility index (Phi) is 5.74. The number of rotatable bonds is 5. The molecule has 0 spiro atoms. The lowest BCUT2D eigenvalue weighted by atomic mass is 10.0. The molecule has 0 aliphatic heterocycles. The minimum atomic E-state index is -0.664. The minimum absolute atomic E-state index is 0.00398. The summed E-state index contributed by atoms with van der Waals surface area (Å²) in [5.41, 5.74) is 2.28. The molecular weight excluding hydrogens is 398 g/mol. The third kappa shape index (κ3) is 4.33. The fraction of sp³-hybridized carbons (Fsp3) is 0.150. The normalized spacial score (nSPS) is 10.6. The molecule has 3 rings (SSSR count). The Labute approximate surface area is 170 Å². The van der Waals surface area contributed by atoms with Gasteiger partial charge in [-0.2, -0.15) is 0 Å². The Bertz CT molecular complexity index is 1150. The molecule has 0 bridgehead atoms. The van der Waals surface area contributed by atoms with Crippen molar-refractivity contribution >= 4 is 45.8 Å². The van der Waals surface area contributed by atoms with Gasteiger partial charge in [0.2, 0.25) is 0 Å². The van der Waals surface area contributed by atoms with Gasteiger partial charge in [0.05, 0.1) is 32.4 Å². The van der Waals surface area contributed by atoms with Crippen LogP contribution in [0.1, 0.15) is 21.6 Å². The molecule has 0 atom stereocenters. The van der Waals surface area contributed by atoms with Crippen LogP contribution in [0.2, 0.25) is 5.02 Å². The van der Waals surface area contributed by atoms with Crippen LogP contribution in [0.5, 0.6) is 0 Å². The molecule has 0 aliphatic rings. The molecule has 3 aromatic rings. The summed E-state index contributed by atoms with van der Waals surface area (Å²) in [4.78, 5) is 39.2. The third-order valence-electron chi connectivity index (χ3n) is 4.31. The van der Waals surface area contributed by atoms with Gasteiger partial charge in [0.15, 0.2) is 6.61 Å². The molecule has 148 valence electrons. The molecule has 0 fully saturated rings. The summed E-state index contributed by atoms with van der Waals surface area (Å²) < 4.78 is 5.13. The van der Waals surface area contributed by atoms with E-state index < -0.39 is 23.4 Å². The maximum atomic E-state index is 12.5. The first-order chi connectivity index (χ1) is 13.8. The Balaban J connectivity index is 1.70. The van der Waals surface area contributed by atoms with E-state index in [4.69, 9.17) is 16.3 Å². The summed E-state index contributed by atoms with van der Waals surface area (Å²) in [6.45, 7) is 2.95. The van der Waals surface area contributed by atoms with E-state index in [2.05, 4.69) is 10.3 Å². The molecule has 1 aromatic heterocycles. The van der Waals surface area contributed by atoms with Crippen molar-refractivity contribution in [2.24, 2.45) is 0 Å². The second-order valence-corrected chi connectivity index (χ2v) is 6.67. The highest BCUT2D eigenvalue weighted by molar-refractivity contribution is 6.34. The number of nitro benzene ring substituents is 1. The zero-order chi connectivity index (χ0) is 21.1.